The van der Waals surface area contributed by atoms with E-state index >= 15 is 0 Å². The molecule has 6 nitrogen and oxygen atoms in total. The first-order valence-corrected chi connectivity index (χ1v) is 12.3. The van der Waals surface area contributed by atoms with Gasteiger partial charge in [-0.05, 0) is 50.7 Å². The number of aromatic nitrogens is 1. The average molecular weight is 443 g/mol. The Morgan fingerprint density at radius 1 is 1.29 bits per heavy atom. The molecular weight excluding hydrogens is 408 g/mol. The fourth-order valence-electron chi connectivity index (χ4n) is 4.06. The number of guanidine groups is 1. The van der Waals surface area contributed by atoms with E-state index in [-0.39, 0.29) is 6.10 Å². The number of ether oxygens (including phenoxy) is 2. The molecule has 168 valence electrons. The van der Waals surface area contributed by atoms with Crippen molar-refractivity contribution in [2.45, 2.75) is 64.5 Å². The molecule has 1 fully saturated rings. The maximum absolute atomic E-state index is 6.20. The largest absolute Gasteiger partial charge is 0.488 e. The van der Waals surface area contributed by atoms with Gasteiger partial charge in [-0.15, -0.1) is 11.3 Å². The zero-order chi connectivity index (χ0) is 21.5. The molecule has 2 aliphatic rings. The van der Waals surface area contributed by atoms with Crippen LogP contribution >= 0.6 is 11.3 Å². The lowest BCUT2D eigenvalue weighted by Gasteiger charge is -2.18. The number of thiazole rings is 1. The second-order valence-corrected chi connectivity index (χ2v) is 9.52. The Morgan fingerprint density at radius 3 is 3.00 bits per heavy atom. The zero-order valence-electron chi connectivity index (χ0n) is 18.7. The van der Waals surface area contributed by atoms with Crippen LogP contribution in [0.4, 0.5) is 0 Å². The highest BCUT2D eigenvalue weighted by atomic mass is 32.1. The second-order valence-electron chi connectivity index (χ2n) is 8.36. The van der Waals surface area contributed by atoms with Crippen molar-refractivity contribution in [2.75, 3.05) is 26.8 Å². The van der Waals surface area contributed by atoms with Gasteiger partial charge in [0.05, 0.1) is 23.9 Å². The van der Waals surface area contributed by atoms with Gasteiger partial charge < -0.3 is 20.1 Å². The monoisotopic (exact) mass is 442 g/mol. The Morgan fingerprint density at radius 2 is 2.19 bits per heavy atom. The molecule has 0 radical (unpaired) electrons. The number of nitrogens with one attached hydrogen (secondary N) is 2. The SMILES string of the molecule is CN=C(NCCCc1nc2c(s1)CCCC2)NCc1ccc(C)cc1OC1CCOC1. The van der Waals surface area contributed by atoms with E-state index in [1.165, 1.54) is 46.8 Å². The molecule has 1 aromatic heterocycles. The van der Waals surface area contributed by atoms with E-state index in [1.807, 2.05) is 18.4 Å². The van der Waals surface area contributed by atoms with Gasteiger partial charge in [0.2, 0.25) is 0 Å². The van der Waals surface area contributed by atoms with Gasteiger partial charge in [0, 0.05) is 43.4 Å². The molecule has 0 spiro atoms. The Bertz CT molecular complexity index is 866. The summed E-state index contributed by atoms with van der Waals surface area (Å²) in [5, 5.41) is 8.14. The van der Waals surface area contributed by atoms with Crippen LogP contribution in [0, 0.1) is 6.92 Å². The standard InChI is InChI=1S/C24H34N4O2S/c1-17-9-10-18(21(14-17)30-19-11-13-29-16-19)15-27-24(25-2)26-12-5-8-23-28-20-6-3-4-7-22(20)31-23/h9-10,14,19H,3-8,11-13,15-16H2,1-2H3,(H2,25,26,27). The van der Waals surface area contributed by atoms with Gasteiger partial charge in [-0.2, -0.15) is 0 Å². The molecule has 0 saturated carbocycles. The van der Waals surface area contributed by atoms with Crippen LogP contribution in [-0.2, 0) is 30.5 Å². The Kier molecular flexibility index (Phi) is 7.81. The second kappa shape index (κ2) is 11.0. The summed E-state index contributed by atoms with van der Waals surface area (Å²) < 4.78 is 11.7. The lowest BCUT2D eigenvalue weighted by Crippen LogP contribution is -2.37. The smallest absolute Gasteiger partial charge is 0.191 e. The van der Waals surface area contributed by atoms with Crippen LogP contribution in [0.1, 0.15) is 52.4 Å². The number of nitrogens with zero attached hydrogens (tertiary/aromatic N) is 2. The molecule has 1 unspecified atom stereocenters. The first-order chi connectivity index (χ1) is 15.2. The van der Waals surface area contributed by atoms with Crippen molar-refractivity contribution in [2.24, 2.45) is 4.99 Å². The molecule has 1 atom stereocenters. The summed E-state index contributed by atoms with van der Waals surface area (Å²) >= 11 is 1.92. The Balaban J connectivity index is 1.23. The maximum Gasteiger partial charge on any atom is 0.191 e. The number of hydrogen-bond acceptors (Lipinski definition) is 5. The van der Waals surface area contributed by atoms with E-state index in [9.17, 15) is 0 Å². The molecule has 0 bridgehead atoms. The molecule has 2 heterocycles. The van der Waals surface area contributed by atoms with Crippen molar-refractivity contribution < 1.29 is 9.47 Å². The minimum Gasteiger partial charge on any atom is -0.488 e. The van der Waals surface area contributed by atoms with Crippen LogP contribution in [0.2, 0.25) is 0 Å². The molecule has 0 amide bonds. The number of aliphatic imine (C=N–C) groups is 1. The van der Waals surface area contributed by atoms with Crippen LogP contribution in [-0.4, -0.2) is 43.9 Å². The van der Waals surface area contributed by atoms with Gasteiger partial charge in [-0.3, -0.25) is 4.99 Å². The number of fused-ring (bicyclic) bond motifs is 1. The highest BCUT2D eigenvalue weighted by Gasteiger charge is 2.19. The summed E-state index contributed by atoms with van der Waals surface area (Å²) in [6, 6.07) is 6.36. The van der Waals surface area contributed by atoms with Crippen LogP contribution in [0.15, 0.2) is 23.2 Å². The van der Waals surface area contributed by atoms with Gasteiger partial charge >= 0.3 is 0 Å². The summed E-state index contributed by atoms with van der Waals surface area (Å²) in [7, 11) is 1.81. The molecule has 1 aliphatic carbocycles. The molecule has 4 rings (SSSR count). The minimum atomic E-state index is 0.148. The normalized spacial score (nSPS) is 18.6. The third kappa shape index (κ3) is 6.20. The number of rotatable bonds is 8. The lowest BCUT2D eigenvalue weighted by molar-refractivity contribution is 0.140. The summed E-state index contributed by atoms with van der Waals surface area (Å²) in [5.41, 5.74) is 3.69. The van der Waals surface area contributed by atoms with Gasteiger partial charge in [-0.1, -0.05) is 12.1 Å². The number of aryl methyl sites for hydroxylation is 4. The molecule has 31 heavy (non-hydrogen) atoms. The van der Waals surface area contributed by atoms with E-state index in [1.54, 1.807) is 0 Å². The van der Waals surface area contributed by atoms with Crippen molar-refractivity contribution in [1.82, 2.24) is 15.6 Å². The average Bonchev–Trinajstić information content (AvgIpc) is 3.43. The van der Waals surface area contributed by atoms with E-state index in [4.69, 9.17) is 14.5 Å². The molecule has 1 aliphatic heterocycles. The Hall–Kier alpha value is -2.12. The quantitative estimate of drug-likeness (QED) is 0.370. The lowest BCUT2D eigenvalue weighted by atomic mass is 10.0. The topological polar surface area (TPSA) is 67.8 Å². The number of benzene rings is 1. The summed E-state index contributed by atoms with van der Waals surface area (Å²) in [6.45, 7) is 5.09. The van der Waals surface area contributed by atoms with E-state index < -0.39 is 0 Å². The molecule has 2 N–H and O–H groups in total. The molecule has 1 aromatic carbocycles. The fraction of sp³-hybridized carbons (Fsp3) is 0.583. The van der Waals surface area contributed by atoms with Gasteiger partial charge in [0.1, 0.15) is 11.9 Å². The molecule has 1 saturated heterocycles. The van der Waals surface area contributed by atoms with Crippen LogP contribution < -0.4 is 15.4 Å². The summed E-state index contributed by atoms with van der Waals surface area (Å²) in [4.78, 5) is 10.7. The first kappa shape index (κ1) is 22.1. The van der Waals surface area contributed by atoms with Crippen molar-refractivity contribution in [3.8, 4) is 5.75 Å². The number of hydrogen-bond donors (Lipinski definition) is 2. The molecular formula is C24H34N4O2S. The molecule has 2 aromatic rings. The van der Waals surface area contributed by atoms with Gasteiger partial charge in [0.15, 0.2) is 5.96 Å². The zero-order valence-corrected chi connectivity index (χ0v) is 19.5. The first-order valence-electron chi connectivity index (χ1n) is 11.5. The highest BCUT2D eigenvalue weighted by Crippen LogP contribution is 2.27. The van der Waals surface area contributed by atoms with Crippen LogP contribution in [0.3, 0.4) is 0 Å². The van der Waals surface area contributed by atoms with E-state index in [2.05, 4.69) is 40.7 Å². The third-order valence-electron chi connectivity index (χ3n) is 5.82. The van der Waals surface area contributed by atoms with Crippen molar-refractivity contribution >= 4 is 17.3 Å². The maximum atomic E-state index is 6.20. The minimum absolute atomic E-state index is 0.148. The summed E-state index contributed by atoms with van der Waals surface area (Å²) in [5.74, 6) is 1.75. The van der Waals surface area contributed by atoms with Crippen LogP contribution in [0.5, 0.6) is 5.75 Å². The van der Waals surface area contributed by atoms with E-state index in [0.717, 1.165) is 49.7 Å². The van der Waals surface area contributed by atoms with Gasteiger partial charge in [0.25, 0.3) is 0 Å². The van der Waals surface area contributed by atoms with Crippen molar-refractivity contribution in [3.05, 3.63) is 44.9 Å². The van der Waals surface area contributed by atoms with Crippen molar-refractivity contribution in [3.63, 3.8) is 0 Å². The van der Waals surface area contributed by atoms with Crippen molar-refractivity contribution in [1.29, 1.82) is 0 Å². The van der Waals surface area contributed by atoms with Gasteiger partial charge in [-0.25, -0.2) is 4.98 Å². The van der Waals surface area contributed by atoms with E-state index in [0.29, 0.717) is 13.2 Å². The fourth-order valence-corrected chi connectivity index (χ4v) is 5.26. The Labute approximate surface area is 189 Å². The van der Waals surface area contributed by atoms with Crippen LogP contribution in [0.25, 0.3) is 0 Å². The third-order valence-corrected chi connectivity index (χ3v) is 7.04. The molecule has 7 heteroatoms. The summed E-state index contributed by atoms with van der Waals surface area (Å²) in [6.07, 6.45) is 8.18. The highest BCUT2D eigenvalue weighted by molar-refractivity contribution is 7.11. The predicted octanol–water partition coefficient (Wildman–Crippen LogP) is 3.80. The predicted molar refractivity (Wildman–Crippen MR) is 126 cm³/mol.